The minimum absolute atomic E-state index is 0.165. The van der Waals surface area contributed by atoms with E-state index >= 15 is 0 Å². The molecule has 1 N–H and O–H groups in total. The first-order chi connectivity index (χ1) is 13.7. The van der Waals surface area contributed by atoms with E-state index in [1.54, 1.807) is 47.4 Å². The van der Waals surface area contributed by atoms with Crippen LogP contribution in [0.25, 0.3) is 6.08 Å². The molecule has 1 fully saturated rings. The summed E-state index contributed by atoms with van der Waals surface area (Å²) < 4.78 is 10.7. The van der Waals surface area contributed by atoms with Crippen LogP contribution in [-0.2, 0) is 4.79 Å². The molecule has 0 saturated carbocycles. The second-order valence-electron chi connectivity index (χ2n) is 6.84. The van der Waals surface area contributed by atoms with Gasteiger partial charge in [0.05, 0.1) is 0 Å². The van der Waals surface area contributed by atoms with E-state index in [9.17, 15) is 9.59 Å². The number of carbonyl (C=O) groups excluding carboxylic acids is 2. The van der Waals surface area contributed by atoms with Crippen LogP contribution in [0.4, 0.5) is 0 Å². The lowest BCUT2D eigenvalue weighted by Gasteiger charge is -2.27. The summed E-state index contributed by atoms with van der Waals surface area (Å²) >= 11 is 0. The number of amides is 2. The molecule has 0 spiro atoms. The number of nitrogens with zero attached hydrogens (tertiary/aromatic N) is 1. The third-order valence-electron chi connectivity index (χ3n) is 4.87. The van der Waals surface area contributed by atoms with Crippen LogP contribution < -0.4 is 14.8 Å². The number of ether oxygens (including phenoxy) is 2. The number of piperidine rings is 1. The summed E-state index contributed by atoms with van der Waals surface area (Å²) in [6.07, 6.45) is 4.78. The Bertz CT molecular complexity index is 902. The molecule has 2 aliphatic rings. The predicted molar refractivity (Wildman–Crippen MR) is 105 cm³/mol. The highest BCUT2D eigenvalue weighted by Gasteiger charge is 2.23. The standard InChI is InChI=1S/C22H22N2O4/c25-21(17-7-3-1-4-8-17)23-18(22(26)24-11-5-2-6-12-24)13-16-9-10-19-20(14-16)28-15-27-19/h1,3-4,7-10,13-14H,2,5-6,11-12,15H2,(H,23,25)/b18-13+. The van der Waals surface area contributed by atoms with Gasteiger partial charge in [-0.3, -0.25) is 9.59 Å². The lowest BCUT2D eigenvalue weighted by molar-refractivity contribution is -0.128. The monoisotopic (exact) mass is 378 g/mol. The molecule has 0 aromatic heterocycles. The van der Waals surface area contributed by atoms with E-state index < -0.39 is 0 Å². The Kier molecular flexibility index (Phi) is 5.28. The number of likely N-dealkylation sites (tertiary alicyclic amines) is 1. The maximum atomic E-state index is 13.1. The van der Waals surface area contributed by atoms with Gasteiger partial charge in [0.15, 0.2) is 11.5 Å². The van der Waals surface area contributed by atoms with Gasteiger partial charge < -0.3 is 19.7 Å². The molecule has 2 aromatic rings. The summed E-state index contributed by atoms with van der Waals surface area (Å²) in [5.41, 5.74) is 1.53. The number of hydrogen-bond donors (Lipinski definition) is 1. The van der Waals surface area contributed by atoms with Gasteiger partial charge in [-0.2, -0.15) is 0 Å². The molecule has 0 aliphatic carbocycles. The van der Waals surface area contributed by atoms with Crippen LogP contribution in [0.3, 0.4) is 0 Å². The summed E-state index contributed by atoms with van der Waals surface area (Å²) in [5.74, 6) is 0.835. The van der Waals surface area contributed by atoms with Crippen molar-refractivity contribution < 1.29 is 19.1 Å². The molecule has 144 valence electrons. The van der Waals surface area contributed by atoms with Crippen molar-refractivity contribution >= 4 is 17.9 Å². The van der Waals surface area contributed by atoms with Crippen molar-refractivity contribution in [1.29, 1.82) is 0 Å². The van der Waals surface area contributed by atoms with E-state index in [0.717, 1.165) is 24.8 Å². The fourth-order valence-corrected chi connectivity index (χ4v) is 3.37. The molecule has 1 saturated heterocycles. The summed E-state index contributed by atoms with van der Waals surface area (Å²) in [6.45, 7) is 1.60. The fourth-order valence-electron chi connectivity index (χ4n) is 3.37. The highest BCUT2D eigenvalue weighted by molar-refractivity contribution is 6.05. The summed E-state index contributed by atoms with van der Waals surface area (Å²) in [5, 5.41) is 2.81. The van der Waals surface area contributed by atoms with Gasteiger partial charge in [-0.25, -0.2) is 0 Å². The van der Waals surface area contributed by atoms with Crippen LogP contribution in [0, 0.1) is 0 Å². The van der Waals surface area contributed by atoms with Gasteiger partial charge in [-0.05, 0) is 55.2 Å². The fraction of sp³-hybridized carbons (Fsp3) is 0.273. The van der Waals surface area contributed by atoms with Crippen molar-refractivity contribution in [1.82, 2.24) is 10.2 Å². The first kappa shape index (κ1) is 18.1. The van der Waals surface area contributed by atoms with Gasteiger partial charge in [0, 0.05) is 18.7 Å². The molecule has 2 amide bonds. The van der Waals surface area contributed by atoms with E-state index in [4.69, 9.17) is 9.47 Å². The first-order valence-electron chi connectivity index (χ1n) is 9.48. The Morgan fingerprint density at radius 2 is 1.68 bits per heavy atom. The van der Waals surface area contributed by atoms with Crippen LogP contribution in [0.1, 0.15) is 35.2 Å². The molecule has 0 bridgehead atoms. The predicted octanol–water partition coefficient (Wildman–Crippen LogP) is 3.20. The van der Waals surface area contributed by atoms with E-state index in [2.05, 4.69) is 5.32 Å². The third-order valence-corrected chi connectivity index (χ3v) is 4.87. The van der Waals surface area contributed by atoms with Gasteiger partial charge in [0.1, 0.15) is 5.70 Å². The molecule has 6 nitrogen and oxygen atoms in total. The number of benzene rings is 2. The van der Waals surface area contributed by atoms with Gasteiger partial charge >= 0.3 is 0 Å². The zero-order chi connectivity index (χ0) is 19.3. The first-order valence-corrected chi connectivity index (χ1v) is 9.48. The summed E-state index contributed by atoms with van der Waals surface area (Å²) in [6, 6.07) is 14.3. The Balaban J connectivity index is 1.62. The average Bonchev–Trinajstić information content (AvgIpc) is 3.22. The molecule has 2 aliphatic heterocycles. The Morgan fingerprint density at radius 3 is 2.46 bits per heavy atom. The molecule has 28 heavy (non-hydrogen) atoms. The van der Waals surface area contributed by atoms with E-state index in [1.807, 2.05) is 12.1 Å². The van der Waals surface area contributed by atoms with Crippen LogP contribution in [0.5, 0.6) is 11.5 Å². The Hall–Kier alpha value is -3.28. The SMILES string of the molecule is O=C(N/C(=C/c1ccc2c(c1)OCO2)C(=O)N1CCCCC1)c1ccccc1. The highest BCUT2D eigenvalue weighted by Crippen LogP contribution is 2.33. The lowest BCUT2D eigenvalue weighted by atomic mass is 10.1. The minimum atomic E-state index is -0.307. The zero-order valence-corrected chi connectivity index (χ0v) is 15.5. The van der Waals surface area contributed by atoms with Crippen molar-refractivity contribution in [2.75, 3.05) is 19.9 Å². The molecule has 0 unspecified atom stereocenters. The van der Waals surface area contributed by atoms with E-state index in [0.29, 0.717) is 30.2 Å². The van der Waals surface area contributed by atoms with Crippen molar-refractivity contribution in [2.24, 2.45) is 0 Å². The highest BCUT2D eigenvalue weighted by atomic mass is 16.7. The number of carbonyl (C=O) groups is 2. The Morgan fingerprint density at radius 1 is 0.929 bits per heavy atom. The minimum Gasteiger partial charge on any atom is -0.454 e. The van der Waals surface area contributed by atoms with Crippen molar-refractivity contribution in [3.05, 3.63) is 65.4 Å². The second kappa shape index (κ2) is 8.17. The summed E-state index contributed by atoms with van der Waals surface area (Å²) in [7, 11) is 0. The lowest BCUT2D eigenvalue weighted by Crippen LogP contribution is -2.41. The van der Waals surface area contributed by atoms with Crippen molar-refractivity contribution in [2.45, 2.75) is 19.3 Å². The van der Waals surface area contributed by atoms with Gasteiger partial charge in [-0.1, -0.05) is 24.3 Å². The molecule has 0 radical (unpaired) electrons. The molecule has 2 heterocycles. The number of rotatable bonds is 4. The normalized spacial score (nSPS) is 16.0. The maximum absolute atomic E-state index is 13.1. The molecular formula is C22H22N2O4. The van der Waals surface area contributed by atoms with Crippen LogP contribution in [0.15, 0.2) is 54.2 Å². The molecule has 6 heteroatoms. The molecule has 0 atom stereocenters. The number of nitrogens with one attached hydrogen (secondary N) is 1. The van der Waals surface area contributed by atoms with E-state index in [-0.39, 0.29) is 24.3 Å². The van der Waals surface area contributed by atoms with Gasteiger partial charge in [-0.15, -0.1) is 0 Å². The smallest absolute Gasteiger partial charge is 0.270 e. The summed E-state index contributed by atoms with van der Waals surface area (Å²) in [4.78, 5) is 27.5. The van der Waals surface area contributed by atoms with Gasteiger partial charge in [0.25, 0.3) is 11.8 Å². The Labute approximate surface area is 163 Å². The topological polar surface area (TPSA) is 67.9 Å². The molecular weight excluding hydrogens is 356 g/mol. The number of hydrogen-bond acceptors (Lipinski definition) is 4. The average molecular weight is 378 g/mol. The maximum Gasteiger partial charge on any atom is 0.270 e. The van der Waals surface area contributed by atoms with Crippen LogP contribution in [-0.4, -0.2) is 36.6 Å². The van der Waals surface area contributed by atoms with Crippen molar-refractivity contribution in [3.63, 3.8) is 0 Å². The van der Waals surface area contributed by atoms with E-state index in [1.165, 1.54) is 0 Å². The second-order valence-corrected chi connectivity index (χ2v) is 6.84. The quantitative estimate of drug-likeness (QED) is 0.830. The zero-order valence-electron chi connectivity index (χ0n) is 15.5. The molecule has 4 rings (SSSR count). The van der Waals surface area contributed by atoms with Gasteiger partial charge in [0.2, 0.25) is 6.79 Å². The van der Waals surface area contributed by atoms with Crippen LogP contribution >= 0.6 is 0 Å². The van der Waals surface area contributed by atoms with Crippen molar-refractivity contribution in [3.8, 4) is 11.5 Å². The largest absolute Gasteiger partial charge is 0.454 e. The molecule has 2 aromatic carbocycles. The van der Waals surface area contributed by atoms with Crippen LogP contribution in [0.2, 0.25) is 0 Å². The number of fused-ring (bicyclic) bond motifs is 1. The third kappa shape index (κ3) is 4.01.